The summed E-state index contributed by atoms with van der Waals surface area (Å²) in [4.78, 5) is 10.6. The van der Waals surface area contributed by atoms with Gasteiger partial charge in [-0.25, -0.2) is 0 Å². The third-order valence-corrected chi connectivity index (χ3v) is 2.04. The summed E-state index contributed by atoms with van der Waals surface area (Å²) in [5.41, 5.74) is 0. The van der Waals surface area contributed by atoms with Crippen LogP contribution in [0.4, 0.5) is 0 Å². The molecule has 1 nitrogen and oxygen atoms in total. The lowest BCUT2D eigenvalue weighted by Gasteiger charge is -1.93. The van der Waals surface area contributed by atoms with Gasteiger partial charge < -0.3 is 4.79 Å². The number of hydrogen-bond donors (Lipinski definition) is 0. The van der Waals surface area contributed by atoms with Crippen molar-refractivity contribution in [3.8, 4) is 0 Å². The zero-order valence-corrected chi connectivity index (χ0v) is 9.01. The quantitative estimate of drug-likeness (QED) is 0.411. The molecule has 13 heavy (non-hydrogen) atoms. The molecule has 0 radical (unpaired) electrons. The number of rotatable bonds is 8. The van der Waals surface area contributed by atoms with Crippen molar-refractivity contribution in [2.45, 2.75) is 58.8 Å². The lowest BCUT2D eigenvalue weighted by molar-refractivity contribution is -0.117. The first kappa shape index (κ1) is 12.4. The fourth-order valence-corrected chi connectivity index (χ4v) is 1.22. The molecule has 0 saturated carbocycles. The van der Waals surface area contributed by atoms with Gasteiger partial charge in [-0.15, -0.1) is 0 Å². The minimum absolute atomic E-state index is 0.305. The van der Waals surface area contributed by atoms with E-state index in [2.05, 4.69) is 19.1 Å². The fourth-order valence-electron chi connectivity index (χ4n) is 1.22. The van der Waals surface area contributed by atoms with Crippen LogP contribution in [0.2, 0.25) is 0 Å². The number of Topliss-reactive ketones (excluding diaryl/α,β-unsaturated/α-hetero) is 1. The highest BCUT2D eigenvalue weighted by molar-refractivity contribution is 5.75. The molecule has 0 bridgehead atoms. The van der Waals surface area contributed by atoms with E-state index in [0.717, 1.165) is 19.3 Å². The van der Waals surface area contributed by atoms with Crippen LogP contribution in [0.5, 0.6) is 0 Å². The van der Waals surface area contributed by atoms with Crippen molar-refractivity contribution < 1.29 is 4.79 Å². The maximum atomic E-state index is 10.6. The van der Waals surface area contributed by atoms with E-state index in [-0.39, 0.29) is 0 Å². The average Bonchev–Trinajstić information content (AvgIpc) is 2.09. The number of hydrogen-bond acceptors (Lipinski definition) is 1. The van der Waals surface area contributed by atoms with Crippen molar-refractivity contribution in [3.63, 3.8) is 0 Å². The molecular formula is C12H22O. The second-order valence-corrected chi connectivity index (χ2v) is 3.56. The molecule has 0 atom stereocenters. The largest absolute Gasteiger partial charge is 0.300 e. The Labute approximate surface area is 82.2 Å². The van der Waals surface area contributed by atoms with Crippen LogP contribution in [0.15, 0.2) is 12.2 Å². The van der Waals surface area contributed by atoms with Crippen molar-refractivity contribution in [3.05, 3.63) is 12.2 Å². The van der Waals surface area contributed by atoms with Crippen LogP contribution in [0.1, 0.15) is 58.8 Å². The summed E-state index contributed by atoms with van der Waals surface area (Å²) in [5, 5.41) is 0. The van der Waals surface area contributed by atoms with E-state index in [1.165, 1.54) is 25.7 Å². The van der Waals surface area contributed by atoms with Gasteiger partial charge in [0.25, 0.3) is 0 Å². The highest BCUT2D eigenvalue weighted by Gasteiger charge is 1.89. The molecule has 0 aliphatic heterocycles. The second kappa shape index (κ2) is 9.50. The van der Waals surface area contributed by atoms with E-state index in [4.69, 9.17) is 0 Å². The van der Waals surface area contributed by atoms with Crippen LogP contribution in [0.25, 0.3) is 0 Å². The smallest absolute Gasteiger partial charge is 0.129 e. The molecule has 0 aliphatic carbocycles. The first-order chi connectivity index (χ1) is 6.27. The monoisotopic (exact) mass is 182 g/mol. The third-order valence-electron chi connectivity index (χ3n) is 2.04. The Morgan fingerprint density at radius 2 is 1.69 bits per heavy atom. The maximum absolute atomic E-state index is 10.6. The lowest BCUT2D eigenvalue weighted by atomic mass is 10.1. The number of allylic oxidation sites excluding steroid dienone is 2. The van der Waals surface area contributed by atoms with Crippen molar-refractivity contribution in [1.29, 1.82) is 0 Å². The SMILES string of the molecule is CCCCCC=CCCCC(C)=O. The van der Waals surface area contributed by atoms with Gasteiger partial charge in [0, 0.05) is 6.42 Å². The third kappa shape index (κ3) is 11.4. The number of carbonyl (C=O) groups is 1. The zero-order valence-electron chi connectivity index (χ0n) is 9.01. The lowest BCUT2D eigenvalue weighted by Crippen LogP contribution is -1.87. The van der Waals surface area contributed by atoms with E-state index in [0.29, 0.717) is 5.78 Å². The highest BCUT2D eigenvalue weighted by Crippen LogP contribution is 2.02. The molecule has 0 heterocycles. The van der Waals surface area contributed by atoms with Gasteiger partial charge in [-0.05, 0) is 32.6 Å². The molecule has 1 heteroatoms. The summed E-state index contributed by atoms with van der Waals surface area (Å²) in [7, 11) is 0. The van der Waals surface area contributed by atoms with Crippen molar-refractivity contribution in [2.75, 3.05) is 0 Å². The summed E-state index contributed by atoms with van der Waals surface area (Å²) in [6.07, 6.45) is 12.4. The first-order valence-corrected chi connectivity index (χ1v) is 5.41. The standard InChI is InChI=1S/C12H22O/c1-3-4-5-6-7-8-9-10-11-12(2)13/h7-8H,3-6,9-11H2,1-2H3. The van der Waals surface area contributed by atoms with Crippen molar-refractivity contribution >= 4 is 5.78 Å². The fraction of sp³-hybridized carbons (Fsp3) is 0.750. The minimum atomic E-state index is 0.305. The molecule has 0 spiro atoms. The van der Waals surface area contributed by atoms with Crippen molar-refractivity contribution in [2.24, 2.45) is 0 Å². The summed E-state index contributed by atoms with van der Waals surface area (Å²) in [5.74, 6) is 0.305. The molecule has 0 amide bonds. The van der Waals surface area contributed by atoms with E-state index < -0.39 is 0 Å². The van der Waals surface area contributed by atoms with Crippen LogP contribution in [0, 0.1) is 0 Å². The topological polar surface area (TPSA) is 17.1 Å². The normalized spacial score (nSPS) is 10.9. The van der Waals surface area contributed by atoms with E-state index in [1.807, 2.05) is 0 Å². The van der Waals surface area contributed by atoms with Crippen LogP contribution < -0.4 is 0 Å². The van der Waals surface area contributed by atoms with Gasteiger partial charge in [0.2, 0.25) is 0 Å². The van der Waals surface area contributed by atoms with Gasteiger partial charge >= 0.3 is 0 Å². The van der Waals surface area contributed by atoms with Gasteiger partial charge in [-0.2, -0.15) is 0 Å². The molecule has 0 aromatic rings. The molecule has 0 rings (SSSR count). The molecule has 0 aromatic carbocycles. The van der Waals surface area contributed by atoms with Gasteiger partial charge in [0.05, 0.1) is 0 Å². The molecule has 0 N–H and O–H groups in total. The molecular weight excluding hydrogens is 160 g/mol. The molecule has 0 aromatic heterocycles. The molecule has 0 unspecified atom stereocenters. The maximum Gasteiger partial charge on any atom is 0.129 e. The zero-order chi connectivity index (χ0) is 9.94. The Bertz CT molecular complexity index is 147. The Balaban J connectivity index is 3.08. The van der Waals surface area contributed by atoms with Crippen LogP contribution in [0.3, 0.4) is 0 Å². The summed E-state index contributed by atoms with van der Waals surface area (Å²) >= 11 is 0. The Morgan fingerprint density at radius 3 is 2.23 bits per heavy atom. The highest BCUT2D eigenvalue weighted by atomic mass is 16.1. The van der Waals surface area contributed by atoms with Crippen LogP contribution in [-0.4, -0.2) is 5.78 Å². The second-order valence-electron chi connectivity index (χ2n) is 3.56. The number of ketones is 1. The molecule has 76 valence electrons. The predicted octanol–water partition coefficient (Wildman–Crippen LogP) is 3.88. The van der Waals surface area contributed by atoms with E-state index in [1.54, 1.807) is 6.92 Å². The molecule has 0 fully saturated rings. The number of carbonyl (C=O) groups excluding carboxylic acids is 1. The number of unbranched alkanes of at least 4 members (excludes halogenated alkanes) is 4. The summed E-state index contributed by atoms with van der Waals surface area (Å²) < 4.78 is 0. The average molecular weight is 182 g/mol. The minimum Gasteiger partial charge on any atom is -0.300 e. The first-order valence-electron chi connectivity index (χ1n) is 5.41. The molecule has 0 saturated heterocycles. The van der Waals surface area contributed by atoms with E-state index in [9.17, 15) is 4.79 Å². The van der Waals surface area contributed by atoms with Gasteiger partial charge in [0.15, 0.2) is 0 Å². The summed E-state index contributed by atoms with van der Waals surface area (Å²) in [6, 6.07) is 0. The van der Waals surface area contributed by atoms with Gasteiger partial charge in [0.1, 0.15) is 5.78 Å². The Hall–Kier alpha value is -0.590. The molecule has 0 aliphatic rings. The van der Waals surface area contributed by atoms with E-state index >= 15 is 0 Å². The van der Waals surface area contributed by atoms with Gasteiger partial charge in [-0.3, -0.25) is 0 Å². The summed E-state index contributed by atoms with van der Waals surface area (Å²) in [6.45, 7) is 3.88. The Kier molecular flexibility index (Phi) is 9.07. The van der Waals surface area contributed by atoms with Gasteiger partial charge in [-0.1, -0.05) is 31.9 Å². The van der Waals surface area contributed by atoms with Crippen molar-refractivity contribution in [1.82, 2.24) is 0 Å². The van der Waals surface area contributed by atoms with Crippen LogP contribution >= 0.6 is 0 Å². The predicted molar refractivity (Wildman–Crippen MR) is 57.8 cm³/mol. The van der Waals surface area contributed by atoms with Crippen LogP contribution in [-0.2, 0) is 4.79 Å². The Morgan fingerprint density at radius 1 is 1.08 bits per heavy atom.